The van der Waals surface area contributed by atoms with Gasteiger partial charge in [-0.25, -0.2) is 4.39 Å². The summed E-state index contributed by atoms with van der Waals surface area (Å²) in [6.45, 7) is 4.18. The van der Waals surface area contributed by atoms with Crippen LogP contribution >= 0.6 is 0 Å². The molecule has 2 aromatic carbocycles. The third-order valence-corrected chi connectivity index (χ3v) is 3.84. The molecule has 0 aliphatic rings. The molecular formula is C18H22FN. The fourth-order valence-electron chi connectivity index (χ4n) is 2.50. The molecule has 0 radical (unpaired) electrons. The molecule has 0 fully saturated rings. The Hall–Kier alpha value is -1.67. The Balaban J connectivity index is 2.21. The van der Waals surface area contributed by atoms with Gasteiger partial charge < -0.3 is 5.32 Å². The molecule has 0 spiro atoms. The summed E-state index contributed by atoms with van der Waals surface area (Å²) in [6.07, 6.45) is 1.92. The van der Waals surface area contributed by atoms with E-state index in [9.17, 15) is 4.39 Å². The van der Waals surface area contributed by atoms with Gasteiger partial charge in [0.1, 0.15) is 5.82 Å². The zero-order chi connectivity index (χ0) is 14.5. The van der Waals surface area contributed by atoms with Gasteiger partial charge in [-0.15, -0.1) is 0 Å². The summed E-state index contributed by atoms with van der Waals surface area (Å²) in [5.41, 5.74) is 4.77. The second kappa shape index (κ2) is 6.67. The Bertz CT molecular complexity index is 560. The molecule has 2 rings (SSSR count). The fraction of sp³-hybridized carbons (Fsp3) is 0.333. The van der Waals surface area contributed by atoms with Crippen molar-refractivity contribution >= 4 is 0 Å². The lowest BCUT2D eigenvalue weighted by Crippen LogP contribution is -2.20. The molecule has 0 aliphatic carbocycles. The molecule has 1 atom stereocenters. The van der Waals surface area contributed by atoms with Gasteiger partial charge in [0.2, 0.25) is 0 Å². The minimum absolute atomic E-state index is 0.137. The highest BCUT2D eigenvalue weighted by molar-refractivity contribution is 5.32. The molecular weight excluding hydrogens is 249 g/mol. The van der Waals surface area contributed by atoms with Crippen LogP contribution in [0.2, 0.25) is 0 Å². The Kier molecular flexibility index (Phi) is 4.91. The number of hydrogen-bond acceptors (Lipinski definition) is 1. The Morgan fingerprint density at radius 2 is 1.70 bits per heavy atom. The number of benzene rings is 2. The quantitative estimate of drug-likeness (QED) is 0.859. The first-order valence-electron chi connectivity index (χ1n) is 7.15. The Morgan fingerprint density at radius 1 is 1.05 bits per heavy atom. The van der Waals surface area contributed by atoms with E-state index in [-0.39, 0.29) is 11.9 Å². The molecule has 0 aromatic heterocycles. The minimum atomic E-state index is -0.174. The predicted molar refractivity (Wildman–Crippen MR) is 82.5 cm³/mol. The molecule has 106 valence electrons. The molecule has 0 saturated heterocycles. The van der Waals surface area contributed by atoms with Gasteiger partial charge in [0.05, 0.1) is 0 Å². The average Bonchev–Trinajstić information content (AvgIpc) is 2.48. The lowest BCUT2D eigenvalue weighted by Gasteiger charge is -2.19. The first-order chi connectivity index (χ1) is 9.63. The Morgan fingerprint density at radius 3 is 2.30 bits per heavy atom. The molecule has 1 nitrogen and oxygen atoms in total. The number of halogens is 1. The monoisotopic (exact) mass is 271 g/mol. The zero-order valence-electron chi connectivity index (χ0n) is 12.4. The molecule has 1 unspecified atom stereocenters. The topological polar surface area (TPSA) is 12.0 Å². The van der Waals surface area contributed by atoms with Crippen molar-refractivity contribution < 1.29 is 4.39 Å². The van der Waals surface area contributed by atoms with Gasteiger partial charge in [-0.1, -0.05) is 37.3 Å². The van der Waals surface area contributed by atoms with Crippen LogP contribution in [0.1, 0.15) is 35.2 Å². The first kappa shape index (κ1) is 14.7. The van der Waals surface area contributed by atoms with Gasteiger partial charge in [-0.05, 0) is 61.2 Å². The van der Waals surface area contributed by atoms with E-state index in [1.165, 1.54) is 17.2 Å². The van der Waals surface area contributed by atoms with E-state index in [0.717, 1.165) is 24.0 Å². The smallest absolute Gasteiger partial charge is 0.123 e. The molecule has 0 heterocycles. The van der Waals surface area contributed by atoms with Crippen LogP contribution < -0.4 is 5.32 Å². The van der Waals surface area contributed by atoms with Crippen molar-refractivity contribution in [2.75, 3.05) is 7.05 Å². The number of likely N-dealkylation sites (N-methyl/N-ethyl adjacent to an activating group) is 1. The molecule has 1 N–H and O–H groups in total. The molecule has 0 amide bonds. The summed E-state index contributed by atoms with van der Waals surface area (Å²) in [5, 5.41) is 3.30. The van der Waals surface area contributed by atoms with E-state index >= 15 is 0 Å². The van der Waals surface area contributed by atoms with Gasteiger partial charge in [0, 0.05) is 6.04 Å². The van der Waals surface area contributed by atoms with Crippen LogP contribution in [0.4, 0.5) is 4.39 Å². The van der Waals surface area contributed by atoms with Crippen molar-refractivity contribution in [2.24, 2.45) is 0 Å². The van der Waals surface area contributed by atoms with Crippen molar-refractivity contribution in [1.82, 2.24) is 5.32 Å². The van der Waals surface area contributed by atoms with Crippen molar-refractivity contribution in [2.45, 2.75) is 32.7 Å². The summed E-state index contributed by atoms with van der Waals surface area (Å²) >= 11 is 0. The SMILES string of the molecule is CCc1ccc(CC(NC)c2cc(F)ccc2C)cc1. The molecule has 0 bridgehead atoms. The standard InChI is InChI=1S/C18H22FN/c1-4-14-6-8-15(9-7-14)11-18(20-3)17-12-16(19)10-5-13(17)2/h5-10,12,18,20H,4,11H2,1-3H3. The van der Waals surface area contributed by atoms with E-state index in [4.69, 9.17) is 0 Å². The summed E-state index contributed by atoms with van der Waals surface area (Å²) in [6, 6.07) is 13.8. The molecule has 0 saturated carbocycles. The normalized spacial score (nSPS) is 12.4. The van der Waals surface area contributed by atoms with Crippen LogP contribution in [0.3, 0.4) is 0 Å². The second-order valence-corrected chi connectivity index (χ2v) is 5.22. The maximum atomic E-state index is 13.5. The number of aryl methyl sites for hydroxylation is 2. The van der Waals surface area contributed by atoms with E-state index < -0.39 is 0 Å². The number of hydrogen-bond donors (Lipinski definition) is 1. The molecule has 20 heavy (non-hydrogen) atoms. The lowest BCUT2D eigenvalue weighted by molar-refractivity contribution is 0.574. The van der Waals surface area contributed by atoms with Crippen molar-refractivity contribution in [1.29, 1.82) is 0 Å². The van der Waals surface area contributed by atoms with Gasteiger partial charge in [-0.3, -0.25) is 0 Å². The molecule has 2 heteroatoms. The van der Waals surface area contributed by atoms with Crippen molar-refractivity contribution in [3.63, 3.8) is 0 Å². The van der Waals surface area contributed by atoms with Gasteiger partial charge in [-0.2, -0.15) is 0 Å². The first-order valence-corrected chi connectivity index (χ1v) is 7.15. The second-order valence-electron chi connectivity index (χ2n) is 5.22. The summed E-state index contributed by atoms with van der Waals surface area (Å²) < 4.78 is 13.5. The van der Waals surface area contributed by atoms with Crippen LogP contribution in [0, 0.1) is 12.7 Å². The van der Waals surface area contributed by atoms with Crippen LogP contribution in [-0.2, 0) is 12.8 Å². The van der Waals surface area contributed by atoms with E-state index in [1.807, 2.05) is 20.0 Å². The number of nitrogens with one attached hydrogen (secondary N) is 1. The lowest BCUT2D eigenvalue weighted by atomic mass is 9.95. The number of rotatable bonds is 5. The van der Waals surface area contributed by atoms with Crippen LogP contribution in [0.5, 0.6) is 0 Å². The highest BCUT2D eigenvalue weighted by Crippen LogP contribution is 2.22. The minimum Gasteiger partial charge on any atom is -0.313 e. The third-order valence-electron chi connectivity index (χ3n) is 3.84. The average molecular weight is 271 g/mol. The third kappa shape index (κ3) is 3.45. The van der Waals surface area contributed by atoms with Crippen LogP contribution in [0.15, 0.2) is 42.5 Å². The fourth-order valence-corrected chi connectivity index (χ4v) is 2.50. The highest BCUT2D eigenvalue weighted by atomic mass is 19.1. The largest absolute Gasteiger partial charge is 0.313 e. The summed E-state index contributed by atoms with van der Waals surface area (Å²) in [4.78, 5) is 0. The maximum absolute atomic E-state index is 13.5. The van der Waals surface area contributed by atoms with Crippen LogP contribution in [-0.4, -0.2) is 7.05 Å². The van der Waals surface area contributed by atoms with E-state index in [2.05, 4.69) is 36.5 Å². The Labute approximate surface area is 120 Å². The van der Waals surface area contributed by atoms with E-state index in [1.54, 1.807) is 6.07 Å². The summed E-state index contributed by atoms with van der Waals surface area (Å²) in [7, 11) is 1.93. The molecule has 2 aromatic rings. The van der Waals surface area contributed by atoms with Crippen LogP contribution in [0.25, 0.3) is 0 Å². The zero-order valence-corrected chi connectivity index (χ0v) is 12.4. The maximum Gasteiger partial charge on any atom is 0.123 e. The van der Waals surface area contributed by atoms with Crippen molar-refractivity contribution in [3.8, 4) is 0 Å². The predicted octanol–water partition coefficient (Wildman–Crippen LogP) is 4.20. The van der Waals surface area contributed by atoms with Gasteiger partial charge in [0.25, 0.3) is 0 Å². The highest BCUT2D eigenvalue weighted by Gasteiger charge is 2.13. The van der Waals surface area contributed by atoms with Gasteiger partial charge >= 0.3 is 0 Å². The summed E-state index contributed by atoms with van der Waals surface area (Å²) in [5.74, 6) is -0.174. The van der Waals surface area contributed by atoms with Crippen molar-refractivity contribution in [3.05, 3.63) is 70.5 Å². The van der Waals surface area contributed by atoms with Gasteiger partial charge in [0.15, 0.2) is 0 Å². The van der Waals surface area contributed by atoms with E-state index in [0.29, 0.717) is 0 Å². The molecule has 0 aliphatic heterocycles.